The molecule has 2 aromatic heterocycles. The molecule has 0 atom stereocenters. The fraction of sp³-hybridized carbons (Fsp3) is 0.562. The van der Waals surface area contributed by atoms with Crippen LogP contribution < -0.4 is 14.4 Å². The van der Waals surface area contributed by atoms with E-state index in [0.29, 0.717) is 29.5 Å². The standard InChI is InChI=1S/C16H23N5O2/c1-11(2)15-17-5-6-20(15)8-12-9-21(10-12)16-18-13(22-3)7-14(19-16)23-4/h5-7,11-12H,8-10H2,1-4H3. The van der Waals surface area contributed by atoms with Crippen LogP contribution in [0.15, 0.2) is 18.5 Å². The number of hydrogen-bond acceptors (Lipinski definition) is 6. The maximum absolute atomic E-state index is 5.20. The number of nitrogens with zero attached hydrogens (tertiary/aromatic N) is 5. The molecule has 0 aromatic carbocycles. The zero-order chi connectivity index (χ0) is 16.4. The van der Waals surface area contributed by atoms with Crippen LogP contribution >= 0.6 is 0 Å². The molecule has 0 amide bonds. The summed E-state index contributed by atoms with van der Waals surface area (Å²) in [6.07, 6.45) is 3.94. The first kappa shape index (κ1) is 15.6. The molecule has 0 radical (unpaired) electrons. The predicted molar refractivity (Wildman–Crippen MR) is 87.2 cm³/mol. The van der Waals surface area contributed by atoms with Crippen LogP contribution in [-0.2, 0) is 6.54 Å². The fourth-order valence-electron chi connectivity index (χ4n) is 2.85. The van der Waals surface area contributed by atoms with Crippen molar-refractivity contribution < 1.29 is 9.47 Å². The summed E-state index contributed by atoms with van der Waals surface area (Å²) < 4.78 is 12.6. The molecule has 0 aliphatic carbocycles. The van der Waals surface area contributed by atoms with Gasteiger partial charge in [-0.2, -0.15) is 9.97 Å². The number of anilines is 1. The summed E-state index contributed by atoms with van der Waals surface area (Å²) >= 11 is 0. The van der Waals surface area contributed by atoms with E-state index < -0.39 is 0 Å². The van der Waals surface area contributed by atoms with Gasteiger partial charge in [-0.25, -0.2) is 4.98 Å². The van der Waals surface area contributed by atoms with E-state index in [9.17, 15) is 0 Å². The lowest BCUT2D eigenvalue weighted by atomic mass is 10.0. The molecule has 0 bridgehead atoms. The monoisotopic (exact) mass is 317 g/mol. The average Bonchev–Trinajstić information content (AvgIpc) is 2.98. The van der Waals surface area contributed by atoms with Crippen molar-refractivity contribution >= 4 is 5.95 Å². The second kappa shape index (κ2) is 6.44. The molecule has 7 heteroatoms. The SMILES string of the molecule is COc1cc(OC)nc(N2CC(Cn3ccnc3C(C)C)C2)n1. The van der Waals surface area contributed by atoms with E-state index in [0.717, 1.165) is 25.5 Å². The van der Waals surface area contributed by atoms with Crippen LogP contribution in [-0.4, -0.2) is 46.8 Å². The quantitative estimate of drug-likeness (QED) is 0.811. The van der Waals surface area contributed by atoms with Crippen molar-refractivity contribution in [3.05, 3.63) is 24.3 Å². The van der Waals surface area contributed by atoms with Crippen molar-refractivity contribution in [2.75, 3.05) is 32.2 Å². The molecule has 3 rings (SSSR count). The van der Waals surface area contributed by atoms with E-state index in [2.05, 4.69) is 44.5 Å². The molecule has 7 nitrogen and oxygen atoms in total. The molecular formula is C16H23N5O2. The first-order valence-electron chi connectivity index (χ1n) is 7.83. The van der Waals surface area contributed by atoms with Gasteiger partial charge < -0.3 is 18.9 Å². The number of aromatic nitrogens is 4. The van der Waals surface area contributed by atoms with Gasteiger partial charge in [-0.15, -0.1) is 0 Å². The molecule has 0 N–H and O–H groups in total. The first-order valence-corrected chi connectivity index (χ1v) is 7.83. The second-order valence-corrected chi connectivity index (χ2v) is 6.12. The molecule has 1 aliphatic heterocycles. The maximum atomic E-state index is 5.20. The van der Waals surface area contributed by atoms with Crippen molar-refractivity contribution in [1.82, 2.24) is 19.5 Å². The number of rotatable bonds is 6. The smallest absolute Gasteiger partial charge is 0.231 e. The summed E-state index contributed by atoms with van der Waals surface area (Å²) in [6, 6.07) is 1.68. The normalized spacial score (nSPS) is 14.9. The summed E-state index contributed by atoms with van der Waals surface area (Å²) in [5.41, 5.74) is 0. The van der Waals surface area contributed by atoms with Crippen molar-refractivity contribution in [1.29, 1.82) is 0 Å². The fourth-order valence-corrected chi connectivity index (χ4v) is 2.85. The van der Waals surface area contributed by atoms with Crippen molar-refractivity contribution in [2.45, 2.75) is 26.3 Å². The van der Waals surface area contributed by atoms with Crippen molar-refractivity contribution in [2.24, 2.45) is 5.92 Å². The highest BCUT2D eigenvalue weighted by molar-refractivity contribution is 5.39. The Morgan fingerprint density at radius 3 is 2.39 bits per heavy atom. The summed E-state index contributed by atoms with van der Waals surface area (Å²) in [6.45, 7) is 7.16. The van der Waals surface area contributed by atoms with Crippen LogP contribution in [0.2, 0.25) is 0 Å². The maximum Gasteiger partial charge on any atom is 0.231 e. The summed E-state index contributed by atoms with van der Waals surface area (Å²) in [7, 11) is 3.19. The van der Waals surface area contributed by atoms with Crippen LogP contribution in [0.5, 0.6) is 11.8 Å². The highest BCUT2D eigenvalue weighted by Gasteiger charge is 2.30. The van der Waals surface area contributed by atoms with E-state index in [1.165, 1.54) is 0 Å². The molecule has 23 heavy (non-hydrogen) atoms. The van der Waals surface area contributed by atoms with Gasteiger partial charge in [0.15, 0.2) is 0 Å². The van der Waals surface area contributed by atoms with Gasteiger partial charge in [-0.3, -0.25) is 0 Å². The first-order chi connectivity index (χ1) is 11.1. The van der Waals surface area contributed by atoms with Crippen LogP contribution in [0.4, 0.5) is 5.95 Å². The highest BCUT2D eigenvalue weighted by atomic mass is 16.5. The van der Waals surface area contributed by atoms with E-state index in [-0.39, 0.29) is 0 Å². The van der Waals surface area contributed by atoms with Gasteiger partial charge in [0.25, 0.3) is 0 Å². The van der Waals surface area contributed by atoms with E-state index in [1.54, 1.807) is 20.3 Å². The van der Waals surface area contributed by atoms with Crippen LogP contribution in [0.1, 0.15) is 25.6 Å². The van der Waals surface area contributed by atoms with Gasteiger partial charge in [-0.05, 0) is 0 Å². The van der Waals surface area contributed by atoms with Crippen molar-refractivity contribution in [3.63, 3.8) is 0 Å². The lowest BCUT2D eigenvalue weighted by Gasteiger charge is -2.39. The van der Waals surface area contributed by atoms with Gasteiger partial charge in [0.05, 0.1) is 20.3 Å². The molecule has 2 aromatic rings. The molecule has 1 aliphatic rings. The van der Waals surface area contributed by atoms with Crippen LogP contribution in [0, 0.1) is 5.92 Å². The Hall–Kier alpha value is -2.31. The second-order valence-electron chi connectivity index (χ2n) is 6.12. The van der Waals surface area contributed by atoms with Gasteiger partial charge in [-0.1, -0.05) is 13.8 Å². The van der Waals surface area contributed by atoms with Gasteiger partial charge in [0.2, 0.25) is 17.7 Å². The number of imidazole rings is 1. The van der Waals surface area contributed by atoms with Crippen molar-refractivity contribution in [3.8, 4) is 11.8 Å². The van der Waals surface area contributed by atoms with E-state index in [4.69, 9.17) is 9.47 Å². The van der Waals surface area contributed by atoms with Crippen LogP contribution in [0.3, 0.4) is 0 Å². The molecule has 0 saturated carbocycles. The largest absolute Gasteiger partial charge is 0.481 e. The minimum Gasteiger partial charge on any atom is -0.481 e. The average molecular weight is 317 g/mol. The Morgan fingerprint density at radius 1 is 1.17 bits per heavy atom. The molecule has 1 fully saturated rings. The lowest BCUT2D eigenvalue weighted by Crippen LogP contribution is -2.49. The van der Waals surface area contributed by atoms with Gasteiger partial charge in [0.1, 0.15) is 5.82 Å². The molecular weight excluding hydrogens is 294 g/mol. The third-order valence-corrected chi connectivity index (χ3v) is 4.04. The highest BCUT2D eigenvalue weighted by Crippen LogP contribution is 2.27. The van der Waals surface area contributed by atoms with Gasteiger partial charge in [0, 0.05) is 43.9 Å². The number of ether oxygens (including phenoxy) is 2. The Balaban J connectivity index is 1.64. The van der Waals surface area contributed by atoms with E-state index in [1.807, 2.05) is 6.20 Å². The minimum atomic E-state index is 0.437. The third kappa shape index (κ3) is 3.23. The molecule has 0 spiro atoms. The number of hydrogen-bond donors (Lipinski definition) is 0. The Bertz CT molecular complexity index is 642. The predicted octanol–water partition coefficient (Wildman–Crippen LogP) is 1.95. The zero-order valence-corrected chi connectivity index (χ0v) is 14.1. The minimum absolute atomic E-state index is 0.437. The summed E-state index contributed by atoms with van der Waals surface area (Å²) in [5.74, 6) is 3.85. The summed E-state index contributed by atoms with van der Waals surface area (Å²) in [5, 5.41) is 0. The molecule has 0 unspecified atom stereocenters. The van der Waals surface area contributed by atoms with Crippen LogP contribution in [0.25, 0.3) is 0 Å². The summed E-state index contributed by atoms with van der Waals surface area (Å²) in [4.78, 5) is 15.4. The molecule has 3 heterocycles. The Kier molecular flexibility index (Phi) is 4.36. The Morgan fingerprint density at radius 2 is 1.83 bits per heavy atom. The molecule has 1 saturated heterocycles. The zero-order valence-electron chi connectivity index (χ0n) is 14.1. The lowest BCUT2D eigenvalue weighted by molar-refractivity contribution is 0.337. The third-order valence-electron chi connectivity index (χ3n) is 4.04. The Labute approximate surface area is 136 Å². The van der Waals surface area contributed by atoms with E-state index >= 15 is 0 Å². The van der Waals surface area contributed by atoms with Gasteiger partial charge >= 0.3 is 0 Å². The molecule has 124 valence electrons. The topological polar surface area (TPSA) is 65.3 Å². The number of methoxy groups -OCH3 is 2.